The van der Waals surface area contributed by atoms with Crippen LogP contribution in [-0.4, -0.2) is 21.2 Å². The molecule has 0 aliphatic heterocycles. The van der Waals surface area contributed by atoms with Crippen molar-refractivity contribution in [2.75, 3.05) is 5.32 Å². The lowest BCUT2D eigenvalue weighted by Crippen LogP contribution is -2.51. The molecule has 0 saturated heterocycles. The molecule has 1 aliphatic carbocycles. The van der Waals surface area contributed by atoms with Gasteiger partial charge in [0.25, 0.3) is 0 Å². The number of aromatic nitrogens is 2. The van der Waals surface area contributed by atoms with Gasteiger partial charge in [-0.1, -0.05) is 26.7 Å². The van der Waals surface area contributed by atoms with Gasteiger partial charge in [-0.15, -0.1) is 12.4 Å². The minimum absolute atomic E-state index is 0. The number of carbonyl (C=O) groups excluding carboxylic acids is 1. The van der Waals surface area contributed by atoms with Crippen LogP contribution in [-0.2, 0) is 11.3 Å². The highest BCUT2D eigenvalue weighted by Gasteiger charge is 2.37. The van der Waals surface area contributed by atoms with Crippen LogP contribution in [0.4, 0.5) is 5.69 Å². The lowest BCUT2D eigenvalue weighted by atomic mass is 9.74. The molecule has 1 amide bonds. The zero-order valence-corrected chi connectivity index (χ0v) is 13.9. The van der Waals surface area contributed by atoms with Gasteiger partial charge in [0.15, 0.2) is 0 Å². The molecule has 1 saturated carbocycles. The van der Waals surface area contributed by atoms with Crippen LogP contribution in [0.5, 0.6) is 0 Å². The second kappa shape index (κ2) is 7.27. The minimum atomic E-state index is -0.393. The normalized spacial score (nSPS) is 25.5. The highest BCUT2D eigenvalue weighted by atomic mass is 35.5. The second-order valence-electron chi connectivity index (χ2n) is 6.64. The van der Waals surface area contributed by atoms with Crippen LogP contribution in [0.25, 0.3) is 0 Å². The first kappa shape index (κ1) is 18.0. The Labute approximate surface area is 133 Å². The van der Waals surface area contributed by atoms with Crippen LogP contribution in [0.3, 0.4) is 0 Å². The molecule has 0 bridgehead atoms. The van der Waals surface area contributed by atoms with Gasteiger partial charge in [-0.05, 0) is 25.7 Å². The third-order valence-corrected chi connectivity index (χ3v) is 4.02. The number of rotatable bonds is 4. The highest BCUT2D eigenvalue weighted by molar-refractivity contribution is 5.93. The fourth-order valence-electron chi connectivity index (χ4n) is 2.92. The molecular formula is C15H27ClN4O. The molecule has 120 valence electrons. The molecule has 1 aromatic rings. The second-order valence-corrected chi connectivity index (χ2v) is 6.64. The summed E-state index contributed by atoms with van der Waals surface area (Å²) in [6, 6.07) is 0. The summed E-state index contributed by atoms with van der Waals surface area (Å²) in [5, 5.41) is 7.22. The van der Waals surface area contributed by atoms with Crippen molar-refractivity contribution in [3.05, 3.63) is 12.4 Å². The molecule has 1 aliphatic rings. The molecule has 2 rings (SSSR count). The fourth-order valence-corrected chi connectivity index (χ4v) is 2.92. The lowest BCUT2D eigenvalue weighted by Gasteiger charge is -2.37. The highest BCUT2D eigenvalue weighted by Crippen LogP contribution is 2.32. The van der Waals surface area contributed by atoms with Crippen LogP contribution in [0.15, 0.2) is 12.4 Å². The van der Waals surface area contributed by atoms with E-state index in [2.05, 4.69) is 24.3 Å². The largest absolute Gasteiger partial charge is 0.325 e. The summed E-state index contributed by atoms with van der Waals surface area (Å²) in [7, 11) is 0. The maximum absolute atomic E-state index is 12.4. The van der Waals surface area contributed by atoms with Crippen LogP contribution in [0, 0.1) is 11.8 Å². The molecule has 1 aromatic heterocycles. The minimum Gasteiger partial charge on any atom is -0.325 e. The number of nitrogens with zero attached hydrogens (tertiary/aromatic N) is 2. The van der Waals surface area contributed by atoms with Gasteiger partial charge >= 0.3 is 0 Å². The van der Waals surface area contributed by atoms with Gasteiger partial charge in [-0.2, -0.15) is 5.10 Å². The topological polar surface area (TPSA) is 72.9 Å². The summed E-state index contributed by atoms with van der Waals surface area (Å²) < 4.78 is 1.86. The Hall–Kier alpha value is -1.07. The summed E-state index contributed by atoms with van der Waals surface area (Å²) in [5.74, 6) is 0.452. The standard InChI is InChI=1S/C15H26N4O.ClH/c1-11(2)9-19-10-12(8-17-19)18-14(20)13-6-4-5-7-15(13,3)16;/h8,10-11,13H,4-7,9,16H2,1-3H3,(H,18,20);1H. The quantitative estimate of drug-likeness (QED) is 0.897. The molecule has 1 fully saturated rings. The van der Waals surface area contributed by atoms with Crippen molar-refractivity contribution in [2.24, 2.45) is 17.6 Å². The van der Waals surface area contributed by atoms with E-state index < -0.39 is 5.54 Å². The Morgan fingerprint density at radius 2 is 2.29 bits per heavy atom. The van der Waals surface area contributed by atoms with Gasteiger partial charge in [0, 0.05) is 18.3 Å². The van der Waals surface area contributed by atoms with Crippen LogP contribution >= 0.6 is 12.4 Å². The molecular weight excluding hydrogens is 288 g/mol. The number of hydrogen-bond acceptors (Lipinski definition) is 3. The van der Waals surface area contributed by atoms with Crippen LogP contribution < -0.4 is 11.1 Å². The Balaban J connectivity index is 0.00000220. The number of nitrogens with one attached hydrogen (secondary N) is 1. The summed E-state index contributed by atoms with van der Waals surface area (Å²) in [4.78, 5) is 12.4. The molecule has 0 spiro atoms. The molecule has 2 unspecified atom stereocenters. The number of anilines is 1. The van der Waals surface area contributed by atoms with Crippen molar-refractivity contribution in [2.45, 2.75) is 58.5 Å². The van der Waals surface area contributed by atoms with Gasteiger partial charge < -0.3 is 11.1 Å². The van der Waals surface area contributed by atoms with E-state index in [1.807, 2.05) is 17.8 Å². The monoisotopic (exact) mass is 314 g/mol. The predicted molar refractivity (Wildman–Crippen MR) is 87.5 cm³/mol. The van der Waals surface area contributed by atoms with Gasteiger partial charge in [-0.3, -0.25) is 9.48 Å². The molecule has 0 radical (unpaired) electrons. The van der Waals surface area contributed by atoms with E-state index in [1.54, 1.807) is 6.20 Å². The summed E-state index contributed by atoms with van der Waals surface area (Å²) in [6.45, 7) is 7.12. The number of nitrogens with two attached hydrogens (primary N) is 1. The van der Waals surface area contributed by atoms with E-state index in [-0.39, 0.29) is 24.2 Å². The van der Waals surface area contributed by atoms with Crippen LogP contribution in [0.1, 0.15) is 46.5 Å². The maximum atomic E-state index is 12.4. The van der Waals surface area contributed by atoms with E-state index in [1.165, 1.54) is 0 Å². The van der Waals surface area contributed by atoms with Crippen LogP contribution in [0.2, 0.25) is 0 Å². The average Bonchev–Trinajstić information content (AvgIpc) is 2.74. The smallest absolute Gasteiger partial charge is 0.229 e. The van der Waals surface area contributed by atoms with E-state index in [9.17, 15) is 4.79 Å². The Morgan fingerprint density at radius 3 is 2.90 bits per heavy atom. The zero-order valence-electron chi connectivity index (χ0n) is 13.1. The first-order valence-electron chi connectivity index (χ1n) is 7.50. The van der Waals surface area contributed by atoms with E-state index in [0.29, 0.717) is 5.92 Å². The fraction of sp³-hybridized carbons (Fsp3) is 0.733. The van der Waals surface area contributed by atoms with Crippen molar-refractivity contribution in [1.29, 1.82) is 0 Å². The van der Waals surface area contributed by atoms with Gasteiger partial charge in [-0.25, -0.2) is 0 Å². The first-order chi connectivity index (χ1) is 9.38. The van der Waals surface area contributed by atoms with E-state index >= 15 is 0 Å². The lowest BCUT2D eigenvalue weighted by molar-refractivity contribution is -0.122. The average molecular weight is 315 g/mol. The molecule has 0 aromatic carbocycles. The molecule has 2 atom stereocenters. The molecule has 21 heavy (non-hydrogen) atoms. The van der Waals surface area contributed by atoms with Gasteiger partial charge in [0.2, 0.25) is 5.91 Å². The van der Waals surface area contributed by atoms with Gasteiger partial charge in [0.1, 0.15) is 0 Å². The SMILES string of the molecule is CC(C)Cn1cc(NC(=O)C2CCCCC2(C)N)cn1.Cl. The van der Waals surface area contributed by atoms with Crippen molar-refractivity contribution in [1.82, 2.24) is 9.78 Å². The third kappa shape index (κ3) is 4.71. The molecule has 5 nitrogen and oxygen atoms in total. The number of halogens is 1. The Morgan fingerprint density at radius 1 is 1.57 bits per heavy atom. The van der Waals surface area contributed by atoms with Crippen molar-refractivity contribution >= 4 is 24.0 Å². The summed E-state index contributed by atoms with van der Waals surface area (Å²) >= 11 is 0. The van der Waals surface area contributed by atoms with Crippen molar-refractivity contribution < 1.29 is 4.79 Å². The van der Waals surface area contributed by atoms with Crippen molar-refractivity contribution in [3.8, 4) is 0 Å². The summed E-state index contributed by atoms with van der Waals surface area (Å²) in [6.07, 6.45) is 7.57. The maximum Gasteiger partial charge on any atom is 0.229 e. The molecule has 3 N–H and O–H groups in total. The Bertz CT molecular complexity index is 470. The third-order valence-electron chi connectivity index (χ3n) is 4.02. The number of hydrogen-bond donors (Lipinski definition) is 2. The number of amides is 1. The first-order valence-corrected chi connectivity index (χ1v) is 7.50. The van der Waals surface area contributed by atoms with Crippen molar-refractivity contribution in [3.63, 3.8) is 0 Å². The zero-order chi connectivity index (χ0) is 14.8. The van der Waals surface area contributed by atoms with Gasteiger partial charge in [0.05, 0.1) is 17.8 Å². The number of carbonyl (C=O) groups is 1. The van der Waals surface area contributed by atoms with E-state index in [0.717, 1.165) is 37.9 Å². The summed E-state index contributed by atoms with van der Waals surface area (Å²) in [5.41, 5.74) is 6.63. The molecule has 1 heterocycles. The Kier molecular flexibility index (Phi) is 6.23. The predicted octanol–water partition coefficient (Wildman–Crippen LogP) is 2.81. The van der Waals surface area contributed by atoms with E-state index in [4.69, 9.17) is 5.73 Å². The molecule has 6 heteroatoms.